The van der Waals surface area contributed by atoms with Crippen molar-refractivity contribution in [3.8, 4) is 0 Å². The quantitative estimate of drug-likeness (QED) is 0.755. The summed E-state index contributed by atoms with van der Waals surface area (Å²) in [4.78, 5) is 13.9. The summed E-state index contributed by atoms with van der Waals surface area (Å²) in [6.45, 7) is 3.29. The molecule has 100 valence electrons. The number of carbonyl (C=O) groups is 1. The first-order valence-corrected chi connectivity index (χ1v) is 6.87. The summed E-state index contributed by atoms with van der Waals surface area (Å²) in [5.41, 5.74) is 2.26. The molecule has 4 heteroatoms. The minimum atomic E-state index is 0.124. The molecule has 0 bridgehead atoms. The lowest BCUT2D eigenvalue weighted by Gasteiger charge is -2.20. The Balaban J connectivity index is 2.46. The average molecular weight is 314 g/mol. The van der Waals surface area contributed by atoms with E-state index >= 15 is 0 Å². The predicted molar refractivity (Wildman–Crippen MR) is 77.1 cm³/mol. The lowest BCUT2D eigenvalue weighted by Crippen LogP contribution is -2.34. The first kappa shape index (κ1) is 15.2. The molecule has 3 nitrogen and oxygen atoms in total. The monoisotopic (exact) mass is 313 g/mol. The second-order valence-corrected chi connectivity index (χ2v) is 5.78. The SMILES string of the molecule is COCC(Br)CN(C)C(=O)Cc1ccc(C)cc1. The first-order chi connectivity index (χ1) is 8.52. The Labute approximate surface area is 117 Å². The number of alkyl halides is 1. The molecule has 0 saturated carbocycles. The van der Waals surface area contributed by atoms with Crippen molar-refractivity contribution >= 4 is 21.8 Å². The maximum absolute atomic E-state index is 12.0. The molecular formula is C14H20BrNO2. The molecule has 18 heavy (non-hydrogen) atoms. The normalized spacial score (nSPS) is 12.2. The fourth-order valence-electron chi connectivity index (χ4n) is 1.65. The van der Waals surface area contributed by atoms with E-state index in [0.29, 0.717) is 19.6 Å². The zero-order valence-electron chi connectivity index (χ0n) is 11.1. The van der Waals surface area contributed by atoms with Crippen molar-refractivity contribution in [2.75, 3.05) is 27.3 Å². The number of hydrogen-bond acceptors (Lipinski definition) is 2. The molecule has 1 rings (SSSR count). The van der Waals surface area contributed by atoms with E-state index in [1.54, 1.807) is 12.0 Å². The van der Waals surface area contributed by atoms with Crippen LogP contribution in [-0.2, 0) is 16.0 Å². The van der Waals surface area contributed by atoms with Gasteiger partial charge in [0.1, 0.15) is 0 Å². The Kier molecular flexibility index (Phi) is 6.36. The van der Waals surface area contributed by atoms with Crippen molar-refractivity contribution in [2.24, 2.45) is 0 Å². The molecule has 0 saturated heterocycles. The number of benzene rings is 1. The van der Waals surface area contributed by atoms with Crippen LogP contribution >= 0.6 is 15.9 Å². The molecule has 0 spiro atoms. The van der Waals surface area contributed by atoms with Crippen molar-refractivity contribution in [1.29, 1.82) is 0 Å². The fourth-order valence-corrected chi connectivity index (χ4v) is 2.35. The maximum atomic E-state index is 12.0. The summed E-state index contributed by atoms with van der Waals surface area (Å²) >= 11 is 3.48. The number of rotatable bonds is 6. The van der Waals surface area contributed by atoms with E-state index in [2.05, 4.69) is 15.9 Å². The fraction of sp³-hybridized carbons (Fsp3) is 0.500. The smallest absolute Gasteiger partial charge is 0.226 e. The minimum absolute atomic E-state index is 0.124. The van der Waals surface area contributed by atoms with E-state index in [1.807, 2.05) is 38.2 Å². The third-order valence-corrected chi connectivity index (χ3v) is 3.28. The Morgan fingerprint density at radius 1 is 1.39 bits per heavy atom. The van der Waals surface area contributed by atoms with Gasteiger partial charge in [-0.3, -0.25) is 4.79 Å². The Morgan fingerprint density at radius 3 is 2.56 bits per heavy atom. The van der Waals surface area contributed by atoms with Crippen LogP contribution in [0.2, 0.25) is 0 Å². The molecular weight excluding hydrogens is 294 g/mol. The number of methoxy groups -OCH3 is 1. The molecule has 0 aliphatic rings. The molecule has 0 aliphatic heterocycles. The molecule has 1 amide bonds. The van der Waals surface area contributed by atoms with Gasteiger partial charge in [-0.1, -0.05) is 45.8 Å². The highest BCUT2D eigenvalue weighted by molar-refractivity contribution is 9.09. The van der Waals surface area contributed by atoms with Crippen LogP contribution in [0, 0.1) is 6.92 Å². The van der Waals surface area contributed by atoms with E-state index in [9.17, 15) is 4.79 Å². The van der Waals surface area contributed by atoms with Gasteiger partial charge in [-0.15, -0.1) is 0 Å². The standard InChI is InChI=1S/C14H20BrNO2/c1-11-4-6-12(7-5-11)8-14(17)16(2)9-13(15)10-18-3/h4-7,13H,8-10H2,1-3H3. The Bertz CT molecular complexity index is 378. The van der Waals surface area contributed by atoms with Gasteiger partial charge >= 0.3 is 0 Å². The molecule has 0 N–H and O–H groups in total. The van der Waals surface area contributed by atoms with Crippen molar-refractivity contribution in [3.05, 3.63) is 35.4 Å². The number of ether oxygens (including phenoxy) is 1. The van der Waals surface area contributed by atoms with Crippen molar-refractivity contribution in [3.63, 3.8) is 0 Å². The van der Waals surface area contributed by atoms with Gasteiger partial charge in [0.15, 0.2) is 0 Å². The lowest BCUT2D eigenvalue weighted by molar-refractivity contribution is -0.129. The highest BCUT2D eigenvalue weighted by Gasteiger charge is 2.13. The maximum Gasteiger partial charge on any atom is 0.226 e. The number of amides is 1. The second-order valence-electron chi connectivity index (χ2n) is 4.49. The third kappa shape index (κ3) is 5.19. The van der Waals surface area contributed by atoms with Gasteiger partial charge < -0.3 is 9.64 Å². The molecule has 1 atom stereocenters. The predicted octanol–water partition coefficient (Wildman–Crippen LogP) is 2.41. The first-order valence-electron chi connectivity index (χ1n) is 5.95. The summed E-state index contributed by atoms with van der Waals surface area (Å²) in [5.74, 6) is 0.124. The molecule has 0 radical (unpaired) electrons. The number of likely N-dealkylation sites (N-methyl/N-ethyl adjacent to an activating group) is 1. The van der Waals surface area contributed by atoms with Crippen LogP contribution in [0.4, 0.5) is 0 Å². The van der Waals surface area contributed by atoms with E-state index < -0.39 is 0 Å². The lowest BCUT2D eigenvalue weighted by atomic mass is 10.1. The summed E-state index contributed by atoms with van der Waals surface area (Å²) < 4.78 is 5.03. The molecule has 1 aromatic rings. The molecule has 0 aromatic heterocycles. The second kappa shape index (κ2) is 7.54. The number of hydrogen-bond donors (Lipinski definition) is 0. The zero-order valence-corrected chi connectivity index (χ0v) is 12.7. The van der Waals surface area contributed by atoms with Gasteiger partial charge in [0.2, 0.25) is 5.91 Å². The highest BCUT2D eigenvalue weighted by Crippen LogP contribution is 2.07. The number of nitrogens with zero attached hydrogens (tertiary/aromatic N) is 1. The summed E-state index contributed by atoms with van der Waals surface area (Å²) in [7, 11) is 3.48. The number of halogens is 1. The van der Waals surface area contributed by atoms with Crippen LogP contribution in [-0.4, -0.2) is 42.9 Å². The number of aryl methyl sites for hydroxylation is 1. The van der Waals surface area contributed by atoms with Crippen LogP contribution in [0.5, 0.6) is 0 Å². The Hall–Kier alpha value is -0.870. The van der Waals surface area contributed by atoms with Crippen LogP contribution in [0.1, 0.15) is 11.1 Å². The van der Waals surface area contributed by atoms with E-state index in [1.165, 1.54) is 5.56 Å². The summed E-state index contributed by atoms with van der Waals surface area (Å²) in [6, 6.07) is 8.06. The van der Waals surface area contributed by atoms with Crippen LogP contribution in [0.15, 0.2) is 24.3 Å². The van der Waals surface area contributed by atoms with Gasteiger partial charge in [0.25, 0.3) is 0 Å². The van der Waals surface area contributed by atoms with Crippen molar-refractivity contribution in [1.82, 2.24) is 4.90 Å². The van der Waals surface area contributed by atoms with Crippen molar-refractivity contribution in [2.45, 2.75) is 18.2 Å². The molecule has 0 fully saturated rings. The van der Waals surface area contributed by atoms with Crippen LogP contribution < -0.4 is 0 Å². The molecule has 0 aliphatic carbocycles. The van der Waals surface area contributed by atoms with Gasteiger partial charge in [0.05, 0.1) is 17.9 Å². The minimum Gasteiger partial charge on any atom is -0.383 e. The van der Waals surface area contributed by atoms with E-state index in [-0.39, 0.29) is 10.7 Å². The van der Waals surface area contributed by atoms with Crippen LogP contribution in [0.25, 0.3) is 0 Å². The average Bonchev–Trinajstić information content (AvgIpc) is 2.32. The van der Waals surface area contributed by atoms with Crippen LogP contribution in [0.3, 0.4) is 0 Å². The van der Waals surface area contributed by atoms with Crippen molar-refractivity contribution < 1.29 is 9.53 Å². The van der Waals surface area contributed by atoms with E-state index in [0.717, 1.165) is 5.56 Å². The van der Waals surface area contributed by atoms with E-state index in [4.69, 9.17) is 4.74 Å². The summed E-state index contributed by atoms with van der Waals surface area (Å²) in [6.07, 6.45) is 0.448. The molecule has 1 unspecified atom stereocenters. The molecule has 0 heterocycles. The number of carbonyl (C=O) groups excluding carboxylic acids is 1. The van der Waals surface area contributed by atoms with Gasteiger partial charge in [-0.25, -0.2) is 0 Å². The summed E-state index contributed by atoms with van der Waals surface area (Å²) in [5, 5.41) is 0. The zero-order chi connectivity index (χ0) is 13.5. The highest BCUT2D eigenvalue weighted by atomic mass is 79.9. The van der Waals surface area contributed by atoms with Gasteiger partial charge in [-0.2, -0.15) is 0 Å². The largest absolute Gasteiger partial charge is 0.383 e. The Morgan fingerprint density at radius 2 is 2.00 bits per heavy atom. The topological polar surface area (TPSA) is 29.5 Å². The molecule has 1 aromatic carbocycles. The third-order valence-electron chi connectivity index (χ3n) is 2.72. The van der Waals surface area contributed by atoms with Gasteiger partial charge in [0, 0.05) is 20.7 Å². The van der Waals surface area contributed by atoms with Gasteiger partial charge in [-0.05, 0) is 12.5 Å².